The van der Waals surface area contributed by atoms with Gasteiger partial charge in [-0.15, -0.1) is 0 Å². The number of nitrogens with zero attached hydrogens (tertiary/aromatic N) is 2. The minimum Gasteiger partial charge on any atom is -0.398 e. The first-order chi connectivity index (χ1) is 8.00. The number of benzene rings is 1. The molecule has 94 valence electrons. The van der Waals surface area contributed by atoms with Crippen molar-refractivity contribution < 1.29 is 4.39 Å². The van der Waals surface area contributed by atoms with Gasteiger partial charge < -0.3 is 15.5 Å². The van der Waals surface area contributed by atoms with Crippen LogP contribution in [0, 0.1) is 12.7 Å². The normalized spacial score (nSPS) is 20.3. The smallest absolute Gasteiger partial charge is 0.151 e. The van der Waals surface area contributed by atoms with Gasteiger partial charge in [-0.3, -0.25) is 0 Å². The number of nitrogens with two attached hydrogens (primary N) is 1. The van der Waals surface area contributed by atoms with Crippen molar-refractivity contribution in [2.75, 3.05) is 37.8 Å². The van der Waals surface area contributed by atoms with Crippen LogP contribution in [-0.4, -0.2) is 38.1 Å². The fourth-order valence-corrected chi connectivity index (χ4v) is 2.31. The Kier molecular flexibility index (Phi) is 3.24. The van der Waals surface area contributed by atoms with Crippen molar-refractivity contribution in [3.05, 3.63) is 23.5 Å². The SMILES string of the molecule is Cc1c(N)ccc(N2CC[C@H](N(C)C)C2)c1F. The third-order valence-electron chi connectivity index (χ3n) is 3.64. The molecule has 0 aliphatic carbocycles. The molecule has 1 aromatic carbocycles. The fraction of sp³-hybridized carbons (Fsp3) is 0.538. The summed E-state index contributed by atoms with van der Waals surface area (Å²) >= 11 is 0. The molecule has 2 N–H and O–H groups in total. The van der Waals surface area contributed by atoms with Crippen LogP contribution in [0.3, 0.4) is 0 Å². The van der Waals surface area contributed by atoms with Gasteiger partial charge in [0, 0.05) is 30.4 Å². The summed E-state index contributed by atoms with van der Waals surface area (Å²) in [6, 6.07) is 4.08. The second-order valence-corrected chi connectivity index (χ2v) is 4.97. The fourth-order valence-electron chi connectivity index (χ4n) is 2.31. The largest absolute Gasteiger partial charge is 0.398 e. The average Bonchev–Trinajstić information content (AvgIpc) is 2.75. The zero-order chi connectivity index (χ0) is 12.6. The Bertz CT molecular complexity index is 417. The molecule has 0 amide bonds. The van der Waals surface area contributed by atoms with Gasteiger partial charge in [-0.25, -0.2) is 4.39 Å². The van der Waals surface area contributed by atoms with E-state index < -0.39 is 0 Å². The summed E-state index contributed by atoms with van der Waals surface area (Å²) in [6.07, 6.45) is 1.08. The van der Waals surface area contributed by atoms with E-state index in [4.69, 9.17) is 5.73 Å². The van der Waals surface area contributed by atoms with Gasteiger partial charge in [-0.1, -0.05) is 0 Å². The molecule has 1 aliphatic rings. The molecule has 1 aliphatic heterocycles. The number of halogens is 1. The van der Waals surface area contributed by atoms with Crippen LogP contribution in [0.15, 0.2) is 12.1 Å². The lowest BCUT2D eigenvalue weighted by molar-refractivity contribution is 0.315. The van der Waals surface area contributed by atoms with E-state index in [1.807, 2.05) is 0 Å². The maximum absolute atomic E-state index is 14.1. The molecular formula is C13H20FN3. The number of hydrogen-bond acceptors (Lipinski definition) is 3. The Morgan fingerprint density at radius 1 is 1.41 bits per heavy atom. The molecule has 0 aromatic heterocycles. The number of hydrogen-bond donors (Lipinski definition) is 1. The van der Waals surface area contributed by atoms with Crippen LogP contribution in [0.2, 0.25) is 0 Å². The van der Waals surface area contributed by atoms with E-state index in [1.54, 1.807) is 19.1 Å². The molecule has 1 saturated heterocycles. The molecular weight excluding hydrogens is 217 g/mol. The summed E-state index contributed by atoms with van der Waals surface area (Å²) in [5, 5.41) is 0. The zero-order valence-corrected chi connectivity index (χ0v) is 10.7. The molecule has 0 radical (unpaired) electrons. The summed E-state index contributed by atoms with van der Waals surface area (Å²) in [5.74, 6) is -0.176. The van der Waals surface area contributed by atoms with Gasteiger partial charge in [-0.2, -0.15) is 0 Å². The molecule has 0 saturated carbocycles. The molecule has 3 nitrogen and oxygen atoms in total. The van der Waals surface area contributed by atoms with E-state index in [-0.39, 0.29) is 5.82 Å². The van der Waals surface area contributed by atoms with Gasteiger partial charge in [-0.05, 0) is 39.6 Å². The van der Waals surface area contributed by atoms with Crippen LogP contribution in [-0.2, 0) is 0 Å². The molecule has 0 spiro atoms. The monoisotopic (exact) mass is 237 g/mol. The first-order valence-corrected chi connectivity index (χ1v) is 5.96. The predicted octanol–water partition coefficient (Wildman–Crippen LogP) is 1.86. The summed E-state index contributed by atoms with van der Waals surface area (Å²) in [4.78, 5) is 4.30. The van der Waals surface area contributed by atoms with E-state index >= 15 is 0 Å². The number of nitrogen functional groups attached to an aromatic ring is 1. The lowest BCUT2D eigenvalue weighted by Crippen LogP contribution is -2.31. The maximum Gasteiger partial charge on any atom is 0.151 e. The van der Waals surface area contributed by atoms with Gasteiger partial charge in [0.1, 0.15) is 0 Å². The third kappa shape index (κ3) is 2.22. The van der Waals surface area contributed by atoms with E-state index in [2.05, 4.69) is 23.9 Å². The Morgan fingerprint density at radius 2 is 2.12 bits per heavy atom. The van der Waals surface area contributed by atoms with Crippen molar-refractivity contribution in [1.29, 1.82) is 0 Å². The zero-order valence-electron chi connectivity index (χ0n) is 10.7. The van der Waals surface area contributed by atoms with Gasteiger partial charge in [0.2, 0.25) is 0 Å². The summed E-state index contributed by atoms with van der Waals surface area (Å²) in [6.45, 7) is 3.52. The molecule has 1 fully saturated rings. The lowest BCUT2D eigenvalue weighted by Gasteiger charge is -2.23. The van der Waals surface area contributed by atoms with Crippen molar-refractivity contribution in [3.8, 4) is 0 Å². The third-order valence-corrected chi connectivity index (χ3v) is 3.64. The van der Waals surface area contributed by atoms with Crippen LogP contribution < -0.4 is 10.6 Å². The van der Waals surface area contributed by atoms with E-state index in [0.29, 0.717) is 23.0 Å². The second-order valence-electron chi connectivity index (χ2n) is 4.97. The number of anilines is 2. The minimum absolute atomic E-state index is 0.176. The quantitative estimate of drug-likeness (QED) is 0.797. The molecule has 17 heavy (non-hydrogen) atoms. The van der Waals surface area contributed by atoms with Gasteiger partial charge >= 0.3 is 0 Å². The van der Waals surface area contributed by atoms with E-state index in [1.165, 1.54) is 0 Å². The topological polar surface area (TPSA) is 32.5 Å². The van der Waals surface area contributed by atoms with Gasteiger partial charge in [0.05, 0.1) is 5.69 Å². The lowest BCUT2D eigenvalue weighted by atomic mass is 10.1. The van der Waals surface area contributed by atoms with E-state index in [0.717, 1.165) is 19.5 Å². The number of rotatable bonds is 2. The summed E-state index contributed by atoms with van der Waals surface area (Å²) < 4.78 is 14.1. The van der Waals surface area contributed by atoms with Crippen molar-refractivity contribution in [1.82, 2.24) is 4.90 Å². The standard InChI is InChI=1S/C13H20FN3/c1-9-11(15)4-5-12(13(9)14)17-7-6-10(8-17)16(2)3/h4-5,10H,6-8,15H2,1-3H3/t10-/m0/s1. The molecule has 4 heteroatoms. The molecule has 0 unspecified atom stereocenters. The van der Waals surface area contributed by atoms with Crippen molar-refractivity contribution >= 4 is 11.4 Å². The van der Waals surface area contributed by atoms with Crippen LogP contribution in [0.25, 0.3) is 0 Å². The molecule has 1 atom stereocenters. The maximum atomic E-state index is 14.1. The van der Waals surface area contributed by atoms with Gasteiger partial charge in [0.15, 0.2) is 5.82 Å². The Morgan fingerprint density at radius 3 is 2.71 bits per heavy atom. The highest BCUT2D eigenvalue weighted by atomic mass is 19.1. The first kappa shape index (κ1) is 12.2. The Hall–Kier alpha value is -1.29. The minimum atomic E-state index is -0.176. The highest BCUT2D eigenvalue weighted by Gasteiger charge is 2.26. The Balaban J connectivity index is 2.22. The predicted molar refractivity (Wildman–Crippen MR) is 69.9 cm³/mol. The summed E-state index contributed by atoms with van der Waals surface area (Å²) in [7, 11) is 4.14. The van der Waals surface area contributed by atoms with Crippen molar-refractivity contribution in [3.63, 3.8) is 0 Å². The number of likely N-dealkylation sites (N-methyl/N-ethyl adjacent to an activating group) is 1. The van der Waals surface area contributed by atoms with Crippen molar-refractivity contribution in [2.45, 2.75) is 19.4 Å². The molecule has 2 rings (SSSR count). The molecule has 1 heterocycles. The highest BCUT2D eigenvalue weighted by Crippen LogP contribution is 2.29. The van der Waals surface area contributed by atoms with Crippen LogP contribution in [0.4, 0.5) is 15.8 Å². The Labute approximate surface area is 102 Å². The highest BCUT2D eigenvalue weighted by molar-refractivity contribution is 5.60. The van der Waals surface area contributed by atoms with Crippen LogP contribution in [0.5, 0.6) is 0 Å². The van der Waals surface area contributed by atoms with Crippen molar-refractivity contribution in [2.24, 2.45) is 0 Å². The second kappa shape index (κ2) is 4.53. The van der Waals surface area contributed by atoms with Crippen LogP contribution >= 0.6 is 0 Å². The molecule has 1 aromatic rings. The van der Waals surface area contributed by atoms with Gasteiger partial charge in [0.25, 0.3) is 0 Å². The van der Waals surface area contributed by atoms with E-state index in [9.17, 15) is 4.39 Å². The first-order valence-electron chi connectivity index (χ1n) is 5.96. The van der Waals surface area contributed by atoms with Crippen LogP contribution in [0.1, 0.15) is 12.0 Å². The summed E-state index contributed by atoms with van der Waals surface area (Å²) in [5.41, 5.74) is 7.45. The molecule has 0 bridgehead atoms. The average molecular weight is 237 g/mol.